The van der Waals surface area contributed by atoms with Crippen LogP contribution in [0, 0.1) is 5.82 Å². The minimum Gasteiger partial charge on any atom is -0.351 e. The number of carbonyl (C=O) groups is 1. The third kappa shape index (κ3) is 2.53. The van der Waals surface area contributed by atoms with Crippen molar-refractivity contribution in [3.63, 3.8) is 0 Å². The van der Waals surface area contributed by atoms with Gasteiger partial charge in [0.25, 0.3) is 5.91 Å². The lowest BCUT2D eigenvalue weighted by molar-refractivity contribution is 0.0691. The van der Waals surface area contributed by atoms with Crippen LogP contribution >= 0.6 is 0 Å². The van der Waals surface area contributed by atoms with E-state index >= 15 is 0 Å². The summed E-state index contributed by atoms with van der Waals surface area (Å²) in [6, 6.07) is 8.14. The number of carbonyl (C=O) groups excluding carboxylic acids is 1. The van der Waals surface area contributed by atoms with Gasteiger partial charge in [-0.1, -0.05) is 23.4 Å². The Kier molecular flexibility index (Phi) is 3.61. The van der Waals surface area contributed by atoms with Crippen LogP contribution in [0.15, 0.2) is 34.9 Å². The minimum atomic E-state index is -0.268. The van der Waals surface area contributed by atoms with Gasteiger partial charge in [-0.2, -0.15) is 0 Å². The number of aromatic nitrogens is 1. The van der Waals surface area contributed by atoms with E-state index in [9.17, 15) is 9.18 Å². The molecule has 2 aliphatic rings. The summed E-state index contributed by atoms with van der Waals surface area (Å²) in [6.45, 7) is 2.34. The third-order valence-electron chi connectivity index (χ3n) is 4.72. The number of nitrogens with zero attached hydrogens (tertiary/aromatic N) is 2. The van der Waals surface area contributed by atoms with E-state index in [-0.39, 0.29) is 23.5 Å². The van der Waals surface area contributed by atoms with Crippen molar-refractivity contribution in [1.82, 2.24) is 15.4 Å². The van der Waals surface area contributed by atoms with Crippen molar-refractivity contribution in [2.75, 3.05) is 19.6 Å². The first-order valence-electron chi connectivity index (χ1n) is 7.97. The summed E-state index contributed by atoms with van der Waals surface area (Å²) in [4.78, 5) is 14.4. The van der Waals surface area contributed by atoms with Gasteiger partial charge >= 0.3 is 0 Å². The molecule has 2 aliphatic heterocycles. The molecule has 0 radical (unpaired) electrons. The number of nitrogens with one attached hydrogen (secondary N) is 1. The number of hydrogen-bond donors (Lipinski definition) is 1. The van der Waals surface area contributed by atoms with E-state index in [0.29, 0.717) is 18.0 Å². The van der Waals surface area contributed by atoms with Crippen LogP contribution < -0.4 is 5.32 Å². The van der Waals surface area contributed by atoms with E-state index in [1.807, 2.05) is 0 Å². The molecule has 1 unspecified atom stereocenters. The van der Waals surface area contributed by atoms with Crippen LogP contribution in [-0.2, 0) is 0 Å². The Bertz CT molecular complexity index is 726. The zero-order valence-corrected chi connectivity index (χ0v) is 12.7. The van der Waals surface area contributed by atoms with Crippen LogP contribution in [0.4, 0.5) is 4.39 Å². The minimum absolute atomic E-state index is 0.207. The van der Waals surface area contributed by atoms with Crippen LogP contribution in [0.3, 0.4) is 0 Å². The first-order chi connectivity index (χ1) is 11.2. The van der Waals surface area contributed by atoms with Crippen molar-refractivity contribution in [3.05, 3.63) is 53.2 Å². The van der Waals surface area contributed by atoms with Gasteiger partial charge in [-0.3, -0.25) is 4.79 Å². The van der Waals surface area contributed by atoms with E-state index < -0.39 is 0 Å². The molecule has 0 spiro atoms. The summed E-state index contributed by atoms with van der Waals surface area (Å²) in [5, 5.41) is 7.18. The maximum Gasteiger partial charge on any atom is 0.292 e. The van der Waals surface area contributed by atoms with Crippen LogP contribution in [0.1, 0.15) is 46.6 Å². The summed E-state index contributed by atoms with van der Waals surface area (Å²) >= 11 is 0. The standard InChI is InChI=1S/C17H18FN3O2/c18-13-5-2-1-4-12(13)15-6-3-7-21(15)17(22)16-8-14(20-23-16)11-9-19-10-11/h1-2,4-5,8,11,15,19H,3,6-7,9-10H2. The highest BCUT2D eigenvalue weighted by molar-refractivity contribution is 5.92. The number of amides is 1. The Morgan fingerprint density at radius 1 is 1.35 bits per heavy atom. The van der Waals surface area contributed by atoms with Crippen molar-refractivity contribution >= 4 is 5.91 Å². The average molecular weight is 315 g/mol. The second kappa shape index (κ2) is 5.77. The van der Waals surface area contributed by atoms with Crippen molar-refractivity contribution in [2.24, 2.45) is 0 Å². The SMILES string of the molecule is O=C(c1cc(C2CNC2)no1)N1CCCC1c1ccccc1F. The number of benzene rings is 1. The molecule has 1 atom stereocenters. The maximum atomic E-state index is 14.1. The molecular weight excluding hydrogens is 297 g/mol. The fourth-order valence-corrected chi connectivity index (χ4v) is 3.30. The second-order valence-corrected chi connectivity index (χ2v) is 6.15. The molecule has 23 heavy (non-hydrogen) atoms. The lowest BCUT2D eigenvalue weighted by Gasteiger charge is -2.25. The normalized spacial score (nSPS) is 21.4. The van der Waals surface area contributed by atoms with Crippen molar-refractivity contribution in [2.45, 2.75) is 24.8 Å². The van der Waals surface area contributed by atoms with Gasteiger partial charge < -0.3 is 14.7 Å². The Hall–Kier alpha value is -2.21. The molecule has 120 valence electrons. The van der Waals surface area contributed by atoms with Crippen molar-refractivity contribution in [3.8, 4) is 0 Å². The van der Waals surface area contributed by atoms with E-state index in [4.69, 9.17) is 4.52 Å². The Balaban J connectivity index is 1.57. The largest absolute Gasteiger partial charge is 0.351 e. The zero-order valence-electron chi connectivity index (χ0n) is 12.7. The summed E-state index contributed by atoms with van der Waals surface area (Å²) < 4.78 is 19.3. The summed E-state index contributed by atoms with van der Waals surface area (Å²) in [5.41, 5.74) is 1.38. The molecule has 1 N–H and O–H groups in total. The molecule has 2 aromatic rings. The molecule has 4 rings (SSSR count). The molecule has 0 bridgehead atoms. The molecular formula is C17H18FN3O2. The van der Waals surface area contributed by atoms with Gasteiger partial charge in [0.2, 0.25) is 5.76 Å². The highest BCUT2D eigenvalue weighted by atomic mass is 19.1. The highest BCUT2D eigenvalue weighted by Gasteiger charge is 2.34. The number of likely N-dealkylation sites (tertiary alicyclic amines) is 1. The monoisotopic (exact) mass is 315 g/mol. The molecule has 1 aromatic carbocycles. The summed E-state index contributed by atoms with van der Waals surface area (Å²) in [7, 11) is 0. The van der Waals surface area contributed by atoms with E-state index in [1.165, 1.54) is 6.07 Å². The van der Waals surface area contributed by atoms with E-state index in [0.717, 1.165) is 31.6 Å². The van der Waals surface area contributed by atoms with Gasteiger partial charge in [0.05, 0.1) is 11.7 Å². The van der Waals surface area contributed by atoms with Gasteiger partial charge in [0, 0.05) is 37.2 Å². The number of halogens is 1. The number of rotatable bonds is 3. The van der Waals surface area contributed by atoms with Crippen molar-refractivity contribution in [1.29, 1.82) is 0 Å². The molecule has 1 amide bonds. The molecule has 3 heterocycles. The van der Waals surface area contributed by atoms with Gasteiger partial charge in [-0.15, -0.1) is 0 Å². The Morgan fingerprint density at radius 2 is 2.17 bits per heavy atom. The van der Waals surface area contributed by atoms with E-state index in [1.54, 1.807) is 29.2 Å². The van der Waals surface area contributed by atoms with Crippen LogP contribution in [0.2, 0.25) is 0 Å². The van der Waals surface area contributed by atoms with Gasteiger partial charge in [-0.25, -0.2) is 4.39 Å². The number of hydrogen-bond acceptors (Lipinski definition) is 4. The lowest BCUT2D eigenvalue weighted by atomic mass is 9.99. The first kappa shape index (κ1) is 14.4. The second-order valence-electron chi connectivity index (χ2n) is 6.15. The Morgan fingerprint density at radius 3 is 2.91 bits per heavy atom. The van der Waals surface area contributed by atoms with Gasteiger partial charge in [0.1, 0.15) is 5.82 Å². The molecule has 6 heteroatoms. The smallest absolute Gasteiger partial charge is 0.292 e. The predicted molar refractivity (Wildman–Crippen MR) is 81.5 cm³/mol. The van der Waals surface area contributed by atoms with Crippen molar-refractivity contribution < 1.29 is 13.7 Å². The lowest BCUT2D eigenvalue weighted by Crippen LogP contribution is -2.40. The van der Waals surface area contributed by atoms with Gasteiger partial charge in [-0.05, 0) is 18.9 Å². The predicted octanol–water partition coefficient (Wildman–Crippen LogP) is 2.48. The van der Waals surface area contributed by atoms with Crippen LogP contribution in [-0.4, -0.2) is 35.6 Å². The highest BCUT2D eigenvalue weighted by Crippen LogP contribution is 2.34. The average Bonchev–Trinajstić information content (AvgIpc) is 3.14. The molecule has 0 saturated carbocycles. The molecule has 1 aromatic heterocycles. The first-order valence-corrected chi connectivity index (χ1v) is 7.97. The molecule has 0 aliphatic carbocycles. The topological polar surface area (TPSA) is 58.4 Å². The van der Waals surface area contributed by atoms with Crippen LogP contribution in [0.25, 0.3) is 0 Å². The molecule has 2 fully saturated rings. The maximum absolute atomic E-state index is 14.1. The fraction of sp³-hybridized carbons (Fsp3) is 0.412. The van der Waals surface area contributed by atoms with Crippen LogP contribution in [0.5, 0.6) is 0 Å². The third-order valence-corrected chi connectivity index (χ3v) is 4.72. The molecule has 5 nitrogen and oxygen atoms in total. The van der Waals surface area contributed by atoms with E-state index in [2.05, 4.69) is 10.5 Å². The quantitative estimate of drug-likeness (QED) is 0.945. The molecule has 2 saturated heterocycles. The summed E-state index contributed by atoms with van der Waals surface area (Å²) in [5.74, 6) is 0.0918. The zero-order chi connectivity index (χ0) is 15.8. The van der Waals surface area contributed by atoms with Gasteiger partial charge in [0.15, 0.2) is 0 Å². The summed E-state index contributed by atoms with van der Waals surface area (Å²) in [6.07, 6.45) is 1.62. The fourth-order valence-electron chi connectivity index (χ4n) is 3.30. The Labute approximate surface area is 133 Å².